The van der Waals surface area contributed by atoms with Crippen molar-refractivity contribution in [2.45, 2.75) is 77.0 Å². The van der Waals surface area contributed by atoms with Gasteiger partial charge in [0.25, 0.3) is 0 Å². The maximum Gasteiger partial charge on any atom is 0.0702 e. The minimum atomic E-state index is -0.379. The van der Waals surface area contributed by atoms with Crippen LogP contribution in [0, 0.1) is 5.92 Å². The average molecular weight is 225 g/mol. The van der Waals surface area contributed by atoms with Crippen LogP contribution in [0.2, 0.25) is 0 Å². The van der Waals surface area contributed by atoms with Crippen molar-refractivity contribution in [2.24, 2.45) is 5.92 Å². The lowest BCUT2D eigenvalue weighted by atomic mass is 9.66. The predicted molar refractivity (Wildman–Crippen MR) is 67.4 cm³/mol. The van der Waals surface area contributed by atoms with Gasteiger partial charge >= 0.3 is 0 Å². The number of nitrogens with zero attached hydrogens (tertiary/aromatic N) is 1. The number of likely N-dealkylation sites (tertiary alicyclic amines) is 1. The zero-order chi connectivity index (χ0) is 11.8. The van der Waals surface area contributed by atoms with Crippen molar-refractivity contribution in [2.75, 3.05) is 6.54 Å². The lowest BCUT2D eigenvalue weighted by Crippen LogP contribution is -2.61. The van der Waals surface area contributed by atoms with E-state index in [2.05, 4.69) is 25.7 Å². The van der Waals surface area contributed by atoms with Crippen LogP contribution in [0.3, 0.4) is 0 Å². The van der Waals surface area contributed by atoms with Crippen molar-refractivity contribution in [3.63, 3.8) is 0 Å². The van der Waals surface area contributed by atoms with Gasteiger partial charge in [-0.25, -0.2) is 0 Å². The Morgan fingerprint density at radius 1 is 1.25 bits per heavy atom. The average Bonchev–Trinajstić information content (AvgIpc) is 2.30. The van der Waals surface area contributed by atoms with Gasteiger partial charge in [0.05, 0.1) is 5.60 Å². The first-order valence-electron chi connectivity index (χ1n) is 7.10. The van der Waals surface area contributed by atoms with Gasteiger partial charge in [-0.3, -0.25) is 4.90 Å². The van der Waals surface area contributed by atoms with Crippen LogP contribution in [0.5, 0.6) is 0 Å². The number of fused-ring (bicyclic) bond motifs is 1. The van der Waals surface area contributed by atoms with Gasteiger partial charge in [-0.15, -0.1) is 0 Å². The van der Waals surface area contributed by atoms with Gasteiger partial charge in [0.15, 0.2) is 0 Å². The molecule has 16 heavy (non-hydrogen) atoms. The fraction of sp³-hybridized carbons (Fsp3) is 1.00. The molecule has 1 saturated heterocycles. The molecule has 4 unspecified atom stereocenters. The molecule has 1 saturated carbocycles. The molecule has 2 heteroatoms. The summed E-state index contributed by atoms with van der Waals surface area (Å²) in [5.41, 5.74) is -0.379. The summed E-state index contributed by atoms with van der Waals surface area (Å²) < 4.78 is 0. The Bertz CT molecular complexity index is 243. The Morgan fingerprint density at radius 3 is 2.56 bits per heavy atom. The normalized spacial score (nSPS) is 45.4. The zero-order valence-corrected chi connectivity index (χ0v) is 11.1. The lowest BCUT2D eigenvalue weighted by Gasteiger charge is -2.55. The molecule has 0 bridgehead atoms. The number of rotatable bonds is 2. The lowest BCUT2D eigenvalue weighted by molar-refractivity contribution is -0.134. The largest absolute Gasteiger partial charge is 0.389 e. The van der Waals surface area contributed by atoms with E-state index >= 15 is 0 Å². The van der Waals surface area contributed by atoms with E-state index in [4.69, 9.17) is 0 Å². The van der Waals surface area contributed by atoms with Crippen LogP contribution < -0.4 is 0 Å². The van der Waals surface area contributed by atoms with Crippen LogP contribution in [0.4, 0.5) is 0 Å². The molecule has 0 radical (unpaired) electrons. The Labute approximate surface area is 100 Å². The maximum atomic E-state index is 10.8. The first-order valence-corrected chi connectivity index (χ1v) is 7.10. The molecule has 1 heterocycles. The van der Waals surface area contributed by atoms with Crippen molar-refractivity contribution in [3.8, 4) is 0 Å². The predicted octanol–water partition coefficient (Wildman–Crippen LogP) is 2.80. The molecular weight excluding hydrogens is 198 g/mol. The monoisotopic (exact) mass is 225 g/mol. The Kier molecular flexibility index (Phi) is 3.60. The van der Waals surface area contributed by atoms with Gasteiger partial charge in [-0.1, -0.05) is 26.7 Å². The highest BCUT2D eigenvalue weighted by Crippen LogP contribution is 2.44. The summed E-state index contributed by atoms with van der Waals surface area (Å²) in [6, 6.07) is 1.20. The van der Waals surface area contributed by atoms with Crippen molar-refractivity contribution in [1.82, 2.24) is 4.90 Å². The highest BCUT2D eigenvalue weighted by atomic mass is 16.3. The summed E-state index contributed by atoms with van der Waals surface area (Å²) >= 11 is 0. The fourth-order valence-electron chi connectivity index (χ4n) is 4.19. The van der Waals surface area contributed by atoms with Crippen LogP contribution in [0.25, 0.3) is 0 Å². The first-order chi connectivity index (χ1) is 7.62. The van der Waals surface area contributed by atoms with Gasteiger partial charge in [0, 0.05) is 18.0 Å². The van der Waals surface area contributed by atoms with Gasteiger partial charge < -0.3 is 5.11 Å². The molecule has 2 fully saturated rings. The molecule has 2 rings (SSSR count). The summed E-state index contributed by atoms with van der Waals surface area (Å²) in [5, 5.41) is 10.8. The number of hydrogen-bond acceptors (Lipinski definition) is 2. The van der Waals surface area contributed by atoms with Crippen LogP contribution >= 0.6 is 0 Å². The summed E-state index contributed by atoms with van der Waals surface area (Å²) in [5.74, 6) is 0.530. The third-order valence-corrected chi connectivity index (χ3v) is 5.04. The molecule has 1 aliphatic heterocycles. The molecule has 0 amide bonds. The van der Waals surface area contributed by atoms with E-state index in [0.717, 1.165) is 19.4 Å². The molecule has 94 valence electrons. The molecule has 0 aromatic carbocycles. The molecule has 1 N–H and O–H groups in total. The van der Waals surface area contributed by atoms with Crippen molar-refractivity contribution < 1.29 is 5.11 Å². The molecule has 0 spiro atoms. The van der Waals surface area contributed by atoms with Crippen molar-refractivity contribution in [3.05, 3.63) is 0 Å². The van der Waals surface area contributed by atoms with E-state index in [1.165, 1.54) is 25.7 Å². The van der Waals surface area contributed by atoms with Gasteiger partial charge in [-0.2, -0.15) is 0 Å². The first kappa shape index (κ1) is 12.4. The molecule has 0 aromatic heterocycles. The number of piperidine rings is 1. The summed E-state index contributed by atoms with van der Waals surface area (Å²) in [4.78, 5) is 2.63. The van der Waals surface area contributed by atoms with Crippen molar-refractivity contribution >= 4 is 0 Å². The topological polar surface area (TPSA) is 23.5 Å². The van der Waals surface area contributed by atoms with Crippen LogP contribution in [-0.2, 0) is 0 Å². The smallest absolute Gasteiger partial charge is 0.0702 e. The molecule has 4 atom stereocenters. The van der Waals surface area contributed by atoms with Gasteiger partial charge in [-0.05, 0) is 39.2 Å². The minimum absolute atomic E-state index is 0.379. The Hall–Kier alpha value is -0.0800. The fourth-order valence-corrected chi connectivity index (χ4v) is 4.19. The zero-order valence-electron chi connectivity index (χ0n) is 11.1. The van der Waals surface area contributed by atoms with Crippen molar-refractivity contribution in [1.29, 1.82) is 0 Å². The molecule has 2 nitrogen and oxygen atoms in total. The number of hydrogen-bond donors (Lipinski definition) is 1. The third kappa shape index (κ3) is 1.91. The quantitative estimate of drug-likeness (QED) is 0.781. The molecular formula is C14H27NO. The highest BCUT2D eigenvalue weighted by Gasteiger charge is 2.48. The van der Waals surface area contributed by atoms with Gasteiger partial charge in [0.2, 0.25) is 0 Å². The van der Waals surface area contributed by atoms with E-state index in [9.17, 15) is 5.11 Å². The Morgan fingerprint density at radius 2 is 1.94 bits per heavy atom. The summed E-state index contributed by atoms with van der Waals surface area (Å²) in [6.45, 7) is 7.84. The van der Waals surface area contributed by atoms with Crippen LogP contribution in [0.1, 0.15) is 59.3 Å². The number of aliphatic hydroxyl groups is 1. The summed E-state index contributed by atoms with van der Waals surface area (Å²) in [7, 11) is 0. The van der Waals surface area contributed by atoms with Crippen LogP contribution in [-0.4, -0.2) is 34.2 Å². The van der Waals surface area contributed by atoms with E-state index in [1.807, 2.05) is 0 Å². The second-order valence-electron chi connectivity index (χ2n) is 5.80. The highest BCUT2D eigenvalue weighted by molar-refractivity contribution is 5.02. The van der Waals surface area contributed by atoms with E-state index in [1.54, 1.807) is 0 Å². The third-order valence-electron chi connectivity index (χ3n) is 5.04. The van der Waals surface area contributed by atoms with E-state index < -0.39 is 0 Å². The van der Waals surface area contributed by atoms with E-state index in [0.29, 0.717) is 18.0 Å². The van der Waals surface area contributed by atoms with E-state index in [-0.39, 0.29) is 5.60 Å². The second-order valence-corrected chi connectivity index (χ2v) is 5.80. The molecule has 0 aromatic rings. The Balaban J connectivity index is 2.22. The summed E-state index contributed by atoms with van der Waals surface area (Å²) in [6.07, 6.45) is 7.09. The molecule has 2 aliphatic rings. The van der Waals surface area contributed by atoms with Gasteiger partial charge in [0.1, 0.15) is 0 Å². The maximum absolute atomic E-state index is 10.8. The molecule has 1 aliphatic carbocycles. The second kappa shape index (κ2) is 4.66. The minimum Gasteiger partial charge on any atom is -0.389 e. The SMILES string of the molecule is CCN1C(C)CC(O)(CC)C2CCCCC21. The standard InChI is InChI=1S/C14H27NO/c1-4-14(16)10-11(3)15(5-2)13-9-7-6-8-12(13)14/h11-13,16H,4-10H2,1-3H3. The van der Waals surface area contributed by atoms with Crippen LogP contribution in [0.15, 0.2) is 0 Å².